The van der Waals surface area contributed by atoms with E-state index < -0.39 is 0 Å². The van der Waals surface area contributed by atoms with E-state index >= 15 is 0 Å². The molecule has 0 spiro atoms. The van der Waals surface area contributed by atoms with Gasteiger partial charge in [0.2, 0.25) is 0 Å². The van der Waals surface area contributed by atoms with Crippen molar-refractivity contribution in [3.63, 3.8) is 0 Å². The van der Waals surface area contributed by atoms with E-state index in [2.05, 4.69) is 37.1 Å². The van der Waals surface area contributed by atoms with Gasteiger partial charge >= 0.3 is 0 Å². The Balaban J connectivity index is 2.31. The molecule has 0 heterocycles. The van der Waals surface area contributed by atoms with Crippen LogP contribution in [-0.4, -0.2) is 0 Å². The van der Waals surface area contributed by atoms with Crippen molar-refractivity contribution in [3.05, 3.63) is 66.2 Å². The Bertz CT molecular complexity index is 510. The van der Waals surface area contributed by atoms with Crippen LogP contribution in [0, 0.1) is 12.3 Å². The second-order valence-corrected chi connectivity index (χ2v) is 5.45. The SMILES string of the molecule is C#CC(C)(Sc1ccccc1)c1ccccc1. The van der Waals surface area contributed by atoms with Crippen LogP contribution in [0.25, 0.3) is 0 Å². The van der Waals surface area contributed by atoms with Gasteiger partial charge in [0.25, 0.3) is 0 Å². The van der Waals surface area contributed by atoms with Crippen molar-refractivity contribution >= 4 is 11.8 Å². The molecule has 0 aliphatic rings. The van der Waals surface area contributed by atoms with Crippen LogP contribution in [-0.2, 0) is 4.75 Å². The molecule has 0 bridgehead atoms. The first-order valence-corrected chi connectivity index (χ1v) is 6.33. The van der Waals surface area contributed by atoms with Crippen molar-refractivity contribution < 1.29 is 0 Å². The molecule has 2 aromatic rings. The number of benzene rings is 2. The second-order valence-electron chi connectivity index (χ2n) is 3.96. The number of thioether (sulfide) groups is 1. The summed E-state index contributed by atoms with van der Waals surface area (Å²) in [5, 5.41) is 0. The molecule has 0 amide bonds. The smallest absolute Gasteiger partial charge is 0.103 e. The first-order valence-electron chi connectivity index (χ1n) is 5.52. The highest BCUT2D eigenvalue weighted by Crippen LogP contribution is 2.40. The Kier molecular flexibility index (Phi) is 3.56. The average molecular weight is 238 g/mol. The van der Waals surface area contributed by atoms with Crippen LogP contribution >= 0.6 is 11.8 Å². The summed E-state index contributed by atoms with van der Waals surface area (Å²) in [5.74, 6) is 2.91. The first kappa shape index (κ1) is 11.8. The molecule has 0 fully saturated rings. The molecule has 0 nitrogen and oxygen atoms in total. The molecule has 0 saturated carbocycles. The van der Waals surface area contributed by atoms with Gasteiger partial charge in [-0.05, 0) is 24.6 Å². The summed E-state index contributed by atoms with van der Waals surface area (Å²) >= 11 is 1.71. The van der Waals surface area contributed by atoms with Gasteiger partial charge in [0.05, 0.1) is 0 Å². The highest BCUT2D eigenvalue weighted by molar-refractivity contribution is 8.00. The number of hydrogen-bond donors (Lipinski definition) is 0. The van der Waals surface area contributed by atoms with Gasteiger partial charge in [-0.3, -0.25) is 0 Å². The summed E-state index contributed by atoms with van der Waals surface area (Å²) in [5.41, 5.74) is 1.16. The van der Waals surface area contributed by atoms with Crippen molar-refractivity contribution in [1.82, 2.24) is 0 Å². The van der Waals surface area contributed by atoms with Crippen LogP contribution in [0.5, 0.6) is 0 Å². The van der Waals surface area contributed by atoms with Crippen LogP contribution in [0.3, 0.4) is 0 Å². The van der Waals surface area contributed by atoms with E-state index in [9.17, 15) is 0 Å². The fraction of sp³-hybridized carbons (Fsp3) is 0.125. The van der Waals surface area contributed by atoms with Crippen molar-refractivity contribution in [2.24, 2.45) is 0 Å². The van der Waals surface area contributed by atoms with Gasteiger partial charge in [-0.25, -0.2) is 0 Å². The Morgan fingerprint density at radius 1 is 0.941 bits per heavy atom. The molecule has 2 aromatic carbocycles. The monoisotopic (exact) mass is 238 g/mol. The lowest BCUT2D eigenvalue weighted by Crippen LogP contribution is -2.14. The van der Waals surface area contributed by atoms with Gasteiger partial charge in [-0.15, -0.1) is 18.2 Å². The summed E-state index contributed by atoms with van der Waals surface area (Å²) in [6, 6.07) is 20.5. The molecular formula is C16H14S. The molecule has 2 rings (SSSR count). The molecular weight excluding hydrogens is 224 g/mol. The van der Waals surface area contributed by atoms with Crippen molar-refractivity contribution in [2.75, 3.05) is 0 Å². The maximum atomic E-state index is 5.72. The van der Waals surface area contributed by atoms with Gasteiger partial charge in [-0.1, -0.05) is 54.5 Å². The highest BCUT2D eigenvalue weighted by Gasteiger charge is 2.24. The lowest BCUT2D eigenvalue weighted by Gasteiger charge is -2.23. The predicted molar refractivity (Wildman–Crippen MR) is 74.9 cm³/mol. The van der Waals surface area contributed by atoms with Crippen LogP contribution in [0.2, 0.25) is 0 Å². The highest BCUT2D eigenvalue weighted by atomic mass is 32.2. The summed E-state index contributed by atoms with van der Waals surface area (Å²) in [4.78, 5) is 1.19. The van der Waals surface area contributed by atoms with Crippen molar-refractivity contribution in [2.45, 2.75) is 16.6 Å². The predicted octanol–water partition coefficient (Wildman–Crippen LogP) is 4.33. The van der Waals surface area contributed by atoms with Crippen LogP contribution < -0.4 is 0 Å². The van der Waals surface area contributed by atoms with E-state index in [1.165, 1.54) is 4.90 Å². The van der Waals surface area contributed by atoms with Crippen molar-refractivity contribution in [3.8, 4) is 12.3 Å². The average Bonchev–Trinajstić information content (AvgIpc) is 2.41. The fourth-order valence-corrected chi connectivity index (χ4v) is 2.73. The molecule has 0 radical (unpaired) electrons. The standard InChI is InChI=1S/C16H14S/c1-3-16(2,14-10-6-4-7-11-14)17-15-12-8-5-9-13-15/h1,4-13H,2H3. The second kappa shape index (κ2) is 5.12. The Hall–Kier alpha value is -1.65. The molecule has 0 aromatic heterocycles. The molecule has 1 atom stereocenters. The number of terminal acetylenes is 1. The van der Waals surface area contributed by atoms with Gasteiger partial charge < -0.3 is 0 Å². The van der Waals surface area contributed by atoms with E-state index in [-0.39, 0.29) is 4.75 Å². The zero-order chi connectivity index (χ0) is 12.1. The zero-order valence-corrected chi connectivity index (χ0v) is 10.6. The molecule has 0 saturated heterocycles. The normalized spacial score (nSPS) is 13.6. The molecule has 84 valence electrons. The summed E-state index contributed by atoms with van der Waals surface area (Å²) in [6.45, 7) is 2.08. The van der Waals surface area contributed by atoms with Crippen LogP contribution in [0.15, 0.2) is 65.6 Å². The molecule has 0 aliphatic carbocycles. The third kappa shape index (κ3) is 2.72. The first-order chi connectivity index (χ1) is 8.24. The third-order valence-corrected chi connectivity index (χ3v) is 3.93. The van der Waals surface area contributed by atoms with Gasteiger partial charge in [-0.2, -0.15) is 0 Å². The summed E-state index contributed by atoms with van der Waals surface area (Å²) in [7, 11) is 0. The number of hydrogen-bond acceptors (Lipinski definition) is 1. The van der Waals surface area contributed by atoms with E-state index in [1.54, 1.807) is 11.8 Å². The minimum absolute atomic E-state index is 0.317. The lowest BCUT2D eigenvalue weighted by atomic mass is 10.0. The van der Waals surface area contributed by atoms with E-state index in [0.717, 1.165) is 5.56 Å². The molecule has 1 unspecified atom stereocenters. The van der Waals surface area contributed by atoms with Crippen LogP contribution in [0.4, 0.5) is 0 Å². The molecule has 1 heteroatoms. The molecule has 17 heavy (non-hydrogen) atoms. The Morgan fingerprint density at radius 3 is 2.00 bits per heavy atom. The minimum Gasteiger partial charge on any atom is -0.118 e. The zero-order valence-electron chi connectivity index (χ0n) is 9.76. The van der Waals surface area contributed by atoms with E-state index in [4.69, 9.17) is 6.42 Å². The van der Waals surface area contributed by atoms with Gasteiger partial charge in [0.1, 0.15) is 4.75 Å². The van der Waals surface area contributed by atoms with Crippen molar-refractivity contribution in [1.29, 1.82) is 0 Å². The Labute approximate surface area is 107 Å². The van der Waals surface area contributed by atoms with E-state index in [1.807, 2.05) is 36.4 Å². The van der Waals surface area contributed by atoms with Crippen LogP contribution in [0.1, 0.15) is 12.5 Å². The van der Waals surface area contributed by atoms with Gasteiger partial charge in [0.15, 0.2) is 0 Å². The summed E-state index contributed by atoms with van der Waals surface area (Å²) < 4.78 is -0.317. The number of rotatable bonds is 3. The van der Waals surface area contributed by atoms with E-state index in [0.29, 0.717) is 0 Å². The summed E-state index contributed by atoms with van der Waals surface area (Å²) in [6.07, 6.45) is 5.72. The quantitative estimate of drug-likeness (QED) is 0.566. The maximum Gasteiger partial charge on any atom is 0.103 e. The topological polar surface area (TPSA) is 0 Å². The lowest BCUT2D eigenvalue weighted by molar-refractivity contribution is 0.914. The molecule has 0 aliphatic heterocycles. The Morgan fingerprint density at radius 2 is 1.47 bits per heavy atom. The minimum atomic E-state index is -0.317. The largest absolute Gasteiger partial charge is 0.118 e. The third-order valence-electron chi connectivity index (χ3n) is 2.67. The maximum absolute atomic E-state index is 5.72. The van der Waals surface area contributed by atoms with Gasteiger partial charge in [0, 0.05) is 4.90 Å². The molecule has 0 N–H and O–H groups in total. The fourth-order valence-electron chi connectivity index (χ4n) is 1.65.